The standard InChI is InChI=1S/C36H43BrN6O6/c1-4-18-40(23-43-28-13-9-8-12-27(28)38-39-43)35(47)32-36-22-26(37)31(49-36)29(30(36)34(46)42(32)20-10-7-11-21-44)33(45)41(19-5-2)24-14-16-25(17-15-24)48-6-3/h4-5,8-9,12-17,26,29-32,44H,1-2,6-7,10-11,18-23H2,3H3/t26?,29-,30+,31-,32?,36?/m1/s1. The molecule has 3 aliphatic rings. The number of amides is 3. The van der Waals surface area contributed by atoms with E-state index in [9.17, 15) is 19.5 Å². The van der Waals surface area contributed by atoms with Crippen LogP contribution in [0, 0.1) is 11.8 Å². The number of halogens is 1. The van der Waals surface area contributed by atoms with Crippen molar-refractivity contribution in [2.75, 3.05) is 37.7 Å². The topological polar surface area (TPSA) is 130 Å². The first-order valence-electron chi connectivity index (χ1n) is 16.9. The number of likely N-dealkylation sites (tertiary alicyclic amines) is 1. The second kappa shape index (κ2) is 14.8. The van der Waals surface area contributed by atoms with Crippen LogP contribution in [0.25, 0.3) is 11.0 Å². The number of anilines is 1. The number of benzene rings is 2. The molecule has 13 heteroatoms. The molecule has 1 N–H and O–H groups in total. The lowest BCUT2D eigenvalue weighted by Gasteiger charge is -2.37. The van der Waals surface area contributed by atoms with E-state index in [4.69, 9.17) is 9.47 Å². The summed E-state index contributed by atoms with van der Waals surface area (Å²) in [5.41, 5.74) is 0.885. The first-order valence-corrected chi connectivity index (χ1v) is 17.8. The second-order valence-electron chi connectivity index (χ2n) is 12.7. The van der Waals surface area contributed by atoms with Gasteiger partial charge in [-0.05, 0) is 69.0 Å². The summed E-state index contributed by atoms with van der Waals surface area (Å²) in [6.07, 6.45) is 4.92. The molecule has 3 unspecified atom stereocenters. The Labute approximate surface area is 294 Å². The van der Waals surface area contributed by atoms with Crippen molar-refractivity contribution in [2.45, 2.75) is 61.8 Å². The van der Waals surface area contributed by atoms with Crippen LogP contribution >= 0.6 is 15.9 Å². The third-order valence-electron chi connectivity index (χ3n) is 9.79. The summed E-state index contributed by atoms with van der Waals surface area (Å²) in [5, 5.41) is 18.0. The van der Waals surface area contributed by atoms with Gasteiger partial charge in [0.05, 0.1) is 30.1 Å². The largest absolute Gasteiger partial charge is 0.494 e. The van der Waals surface area contributed by atoms with Crippen LogP contribution in [0.5, 0.6) is 5.75 Å². The smallest absolute Gasteiger partial charge is 0.250 e. The van der Waals surface area contributed by atoms with E-state index in [2.05, 4.69) is 39.4 Å². The van der Waals surface area contributed by atoms with Crippen molar-refractivity contribution < 1.29 is 29.0 Å². The minimum atomic E-state index is -1.23. The van der Waals surface area contributed by atoms with Gasteiger partial charge in [-0.25, -0.2) is 4.68 Å². The molecule has 0 aliphatic carbocycles. The fourth-order valence-corrected chi connectivity index (χ4v) is 8.70. The highest BCUT2D eigenvalue weighted by Gasteiger charge is 2.76. The van der Waals surface area contributed by atoms with Gasteiger partial charge in [0.15, 0.2) is 0 Å². The van der Waals surface area contributed by atoms with E-state index in [0.717, 1.165) is 5.52 Å². The van der Waals surface area contributed by atoms with Gasteiger partial charge in [-0.15, -0.1) is 18.3 Å². The van der Waals surface area contributed by atoms with Crippen LogP contribution in [0.4, 0.5) is 5.69 Å². The molecule has 49 heavy (non-hydrogen) atoms. The Morgan fingerprint density at radius 3 is 2.57 bits per heavy atom. The molecule has 3 aliphatic heterocycles. The molecule has 1 aromatic heterocycles. The molecule has 3 fully saturated rings. The maximum atomic E-state index is 14.9. The molecular weight excluding hydrogens is 692 g/mol. The predicted octanol–water partition coefficient (Wildman–Crippen LogP) is 3.93. The summed E-state index contributed by atoms with van der Waals surface area (Å²) in [6.45, 7) is 11.1. The molecule has 12 nitrogen and oxygen atoms in total. The number of carbonyl (C=O) groups excluding carboxylic acids is 3. The average Bonchev–Trinajstić information content (AvgIpc) is 3.82. The Morgan fingerprint density at radius 2 is 1.86 bits per heavy atom. The number of carbonyl (C=O) groups is 3. The number of hydrogen-bond donors (Lipinski definition) is 1. The van der Waals surface area contributed by atoms with Crippen molar-refractivity contribution in [2.24, 2.45) is 11.8 Å². The SMILES string of the molecule is C=CCN(Cn1nnc2ccccc21)C(=O)C1N(CCCCCO)C(=O)[C@@H]2[C@@H](C(=O)N(CC=C)c3ccc(OCC)cc3)[C@@H]3OC12CC3Br. The Bertz CT molecular complexity index is 1700. The van der Waals surface area contributed by atoms with E-state index >= 15 is 0 Å². The van der Waals surface area contributed by atoms with Gasteiger partial charge in [-0.2, -0.15) is 0 Å². The average molecular weight is 736 g/mol. The molecule has 0 radical (unpaired) electrons. The van der Waals surface area contributed by atoms with Crippen molar-refractivity contribution in [1.82, 2.24) is 24.8 Å². The van der Waals surface area contributed by atoms with Crippen LogP contribution in [0.1, 0.15) is 32.6 Å². The third kappa shape index (κ3) is 6.28. The molecule has 1 spiro atoms. The second-order valence-corrected chi connectivity index (χ2v) is 13.9. The zero-order valence-electron chi connectivity index (χ0n) is 27.7. The number of para-hydroxylation sites is 1. The lowest BCUT2D eigenvalue weighted by molar-refractivity contribution is -0.149. The molecule has 3 saturated heterocycles. The highest BCUT2D eigenvalue weighted by molar-refractivity contribution is 9.09. The number of unbranched alkanes of at least 4 members (excludes halogenated alkanes) is 2. The van der Waals surface area contributed by atoms with E-state index in [1.807, 2.05) is 55.5 Å². The minimum absolute atomic E-state index is 0.0408. The van der Waals surface area contributed by atoms with Gasteiger partial charge in [-0.3, -0.25) is 14.4 Å². The Hall–Kier alpha value is -4.07. The lowest BCUT2D eigenvalue weighted by atomic mass is 9.70. The van der Waals surface area contributed by atoms with Crippen molar-refractivity contribution in [3.63, 3.8) is 0 Å². The van der Waals surface area contributed by atoms with Crippen molar-refractivity contribution in [3.05, 3.63) is 73.8 Å². The van der Waals surface area contributed by atoms with Crippen LogP contribution in [0.15, 0.2) is 73.8 Å². The number of nitrogens with zero attached hydrogens (tertiary/aromatic N) is 6. The summed E-state index contributed by atoms with van der Waals surface area (Å²) < 4.78 is 14.1. The van der Waals surface area contributed by atoms with E-state index in [0.29, 0.717) is 55.8 Å². The van der Waals surface area contributed by atoms with Crippen molar-refractivity contribution >= 4 is 50.4 Å². The van der Waals surface area contributed by atoms with Crippen LogP contribution in [0.3, 0.4) is 0 Å². The van der Waals surface area contributed by atoms with E-state index in [1.165, 1.54) is 0 Å². The fourth-order valence-electron chi connectivity index (χ4n) is 7.75. The molecule has 260 valence electrons. The van der Waals surface area contributed by atoms with Gasteiger partial charge < -0.3 is 29.3 Å². The van der Waals surface area contributed by atoms with Crippen LogP contribution in [0.2, 0.25) is 0 Å². The monoisotopic (exact) mass is 734 g/mol. The van der Waals surface area contributed by atoms with Crippen LogP contribution in [-0.4, -0.2) is 103 Å². The summed E-state index contributed by atoms with van der Waals surface area (Å²) in [7, 11) is 0. The molecule has 3 amide bonds. The first-order chi connectivity index (χ1) is 23.8. The number of alkyl halides is 1. The predicted molar refractivity (Wildman–Crippen MR) is 188 cm³/mol. The summed E-state index contributed by atoms with van der Waals surface area (Å²) in [5.74, 6) is -1.84. The molecule has 3 aromatic rings. The Morgan fingerprint density at radius 1 is 1.10 bits per heavy atom. The van der Waals surface area contributed by atoms with Crippen LogP contribution in [-0.2, 0) is 25.8 Å². The maximum Gasteiger partial charge on any atom is 0.250 e. The Kier molecular flexibility index (Phi) is 10.5. The first kappa shape index (κ1) is 34.8. The van der Waals surface area contributed by atoms with Crippen molar-refractivity contribution in [1.29, 1.82) is 0 Å². The maximum absolute atomic E-state index is 14.9. The van der Waals surface area contributed by atoms with Gasteiger partial charge in [-0.1, -0.05) is 45.4 Å². The number of ether oxygens (including phenoxy) is 2. The zero-order chi connectivity index (χ0) is 34.7. The van der Waals surface area contributed by atoms with Gasteiger partial charge in [0.2, 0.25) is 17.7 Å². The number of aromatic nitrogens is 3. The molecular formula is C36H43BrN6O6. The van der Waals surface area contributed by atoms with Crippen molar-refractivity contribution in [3.8, 4) is 5.75 Å². The highest BCUT2D eigenvalue weighted by atomic mass is 79.9. The molecule has 6 rings (SSSR count). The number of aliphatic hydroxyl groups excluding tert-OH is 1. The van der Waals surface area contributed by atoms with E-state index < -0.39 is 29.6 Å². The van der Waals surface area contributed by atoms with Gasteiger partial charge >= 0.3 is 0 Å². The molecule has 2 aromatic carbocycles. The molecule has 4 heterocycles. The molecule has 6 atom stereocenters. The molecule has 2 bridgehead atoms. The number of hydrogen-bond acceptors (Lipinski definition) is 8. The number of aliphatic hydroxyl groups is 1. The fraction of sp³-hybridized carbons (Fsp3) is 0.472. The highest BCUT2D eigenvalue weighted by Crippen LogP contribution is 2.60. The van der Waals surface area contributed by atoms with Gasteiger partial charge in [0.1, 0.15) is 29.6 Å². The minimum Gasteiger partial charge on any atom is -0.494 e. The van der Waals surface area contributed by atoms with Crippen LogP contribution < -0.4 is 9.64 Å². The molecule has 0 saturated carbocycles. The Balaban J connectivity index is 1.36. The van der Waals surface area contributed by atoms with E-state index in [-0.39, 0.29) is 48.9 Å². The summed E-state index contributed by atoms with van der Waals surface area (Å²) >= 11 is 3.79. The number of fused-ring (bicyclic) bond motifs is 2. The number of rotatable bonds is 16. The van der Waals surface area contributed by atoms with Gasteiger partial charge in [0.25, 0.3) is 0 Å². The van der Waals surface area contributed by atoms with E-state index in [1.54, 1.807) is 31.5 Å². The summed E-state index contributed by atoms with van der Waals surface area (Å²) in [4.78, 5) is 48.7. The normalized spacial score (nSPS) is 25.4. The zero-order valence-corrected chi connectivity index (χ0v) is 29.3. The van der Waals surface area contributed by atoms with Gasteiger partial charge in [0, 0.05) is 36.8 Å². The third-order valence-corrected chi connectivity index (χ3v) is 10.6. The lowest BCUT2D eigenvalue weighted by Crippen LogP contribution is -2.57. The summed E-state index contributed by atoms with van der Waals surface area (Å²) in [6, 6.07) is 13.8. The quantitative estimate of drug-likeness (QED) is 0.133.